The van der Waals surface area contributed by atoms with Crippen LogP contribution in [0, 0.1) is 12.3 Å². The number of carboxylic acid groups (broad SMARTS) is 1. The van der Waals surface area contributed by atoms with E-state index in [0.29, 0.717) is 17.4 Å². The Kier molecular flexibility index (Phi) is 4.94. The number of ether oxygens (including phenoxy) is 1. The molecule has 4 rings (SSSR count). The van der Waals surface area contributed by atoms with E-state index in [9.17, 15) is 14.7 Å². The van der Waals surface area contributed by atoms with Crippen LogP contribution < -0.4 is 16.2 Å². The summed E-state index contributed by atoms with van der Waals surface area (Å²) in [6, 6.07) is 0. The summed E-state index contributed by atoms with van der Waals surface area (Å²) >= 11 is 0.969. The van der Waals surface area contributed by atoms with Crippen LogP contribution in [0.25, 0.3) is 0 Å². The number of allylic oxidation sites excluding steroid dienone is 3. The molecule has 2 aliphatic heterocycles. The number of anilines is 1. The van der Waals surface area contributed by atoms with Crippen LogP contribution >= 0.6 is 11.3 Å². The molecule has 28 heavy (non-hydrogen) atoms. The summed E-state index contributed by atoms with van der Waals surface area (Å²) in [4.78, 5) is 28.5. The molecule has 1 aromatic rings. The number of thiazole rings is 1. The lowest BCUT2D eigenvalue weighted by atomic mass is 9.68. The van der Waals surface area contributed by atoms with Gasteiger partial charge in [0.2, 0.25) is 5.91 Å². The maximum Gasteiger partial charge on any atom is 0.347 e. The molecule has 1 fully saturated rings. The van der Waals surface area contributed by atoms with Gasteiger partial charge in [0.15, 0.2) is 5.13 Å². The van der Waals surface area contributed by atoms with Crippen molar-refractivity contribution in [1.82, 2.24) is 15.8 Å². The van der Waals surface area contributed by atoms with E-state index in [1.54, 1.807) is 6.92 Å². The third-order valence-corrected chi connectivity index (χ3v) is 6.38. The zero-order valence-electron chi connectivity index (χ0n) is 15.4. The minimum absolute atomic E-state index is 0.104. The van der Waals surface area contributed by atoms with Gasteiger partial charge in [-0.3, -0.25) is 4.79 Å². The van der Waals surface area contributed by atoms with Crippen molar-refractivity contribution in [3.05, 3.63) is 46.3 Å². The second-order valence-corrected chi connectivity index (χ2v) is 8.13. The Hall–Kier alpha value is -2.65. The van der Waals surface area contributed by atoms with Crippen molar-refractivity contribution in [2.24, 2.45) is 5.41 Å². The average molecular weight is 402 g/mol. The molecule has 1 aliphatic carbocycles. The smallest absolute Gasteiger partial charge is 0.347 e. The first kappa shape index (κ1) is 18.7. The first-order valence-corrected chi connectivity index (χ1v) is 10.1. The average Bonchev–Trinajstić information content (AvgIpc) is 3.29. The van der Waals surface area contributed by atoms with E-state index in [1.807, 2.05) is 24.4 Å². The number of amides is 1. The molecule has 8 nitrogen and oxygen atoms in total. The molecule has 0 bridgehead atoms. The highest BCUT2D eigenvalue weighted by Gasteiger charge is 2.46. The molecular formula is C19H22N4O4S. The van der Waals surface area contributed by atoms with Crippen LogP contribution in [0.15, 0.2) is 35.7 Å². The minimum atomic E-state index is -1.04. The second kappa shape index (κ2) is 7.40. The monoisotopic (exact) mass is 402 g/mol. The standard InChI is InChI=1S/C19H22N4O4S/c1-11-16(17(25)26)28-18(21-11)22-15(24)9-19(14-6-2-3-8-27-14)7-4-5-13-12(19)10-20-23-13/h4-5,7,10,14,20,23H,2-3,6,8-9H2,1H3,(H,25,26)(H,21,22,24). The molecular weight excluding hydrogens is 380 g/mol. The molecule has 1 aromatic heterocycles. The van der Waals surface area contributed by atoms with Gasteiger partial charge in [-0.15, -0.1) is 0 Å². The fourth-order valence-electron chi connectivity index (χ4n) is 4.03. The van der Waals surface area contributed by atoms with Gasteiger partial charge in [-0.1, -0.05) is 23.5 Å². The van der Waals surface area contributed by atoms with Crippen molar-refractivity contribution in [3.63, 3.8) is 0 Å². The Morgan fingerprint density at radius 2 is 2.32 bits per heavy atom. The van der Waals surface area contributed by atoms with Gasteiger partial charge in [-0.2, -0.15) is 0 Å². The van der Waals surface area contributed by atoms with Crippen LogP contribution in [-0.2, 0) is 9.53 Å². The highest BCUT2D eigenvalue weighted by atomic mass is 32.1. The van der Waals surface area contributed by atoms with E-state index in [0.717, 1.165) is 41.9 Å². The lowest BCUT2D eigenvalue weighted by molar-refractivity contribution is -0.120. The van der Waals surface area contributed by atoms with Crippen LogP contribution in [0.2, 0.25) is 0 Å². The van der Waals surface area contributed by atoms with Gasteiger partial charge in [0.25, 0.3) is 0 Å². The summed E-state index contributed by atoms with van der Waals surface area (Å²) in [5.74, 6) is -1.26. The normalized spacial score (nSPS) is 25.8. The van der Waals surface area contributed by atoms with Crippen molar-refractivity contribution >= 4 is 28.3 Å². The molecule has 2 unspecified atom stereocenters. The SMILES string of the molecule is Cc1nc(NC(=O)CC2(C3CCCCO3)C=CC=C3NNC=C32)sc1C(=O)O. The molecule has 0 radical (unpaired) electrons. The number of rotatable bonds is 5. The number of aryl methyl sites for hydroxylation is 1. The number of carboxylic acids is 1. The summed E-state index contributed by atoms with van der Waals surface area (Å²) in [6.07, 6.45) is 10.9. The van der Waals surface area contributed by atoms with Crippen molar-refractivity contribution in [2.75, 3.05) is 11.9 Å². The summed E-state index contributed by atoms with van der Waals surface area (Å²) in [7, 11) is 0. The van der Waals surface area contributed by atoms with Crippen molar-refractivity contribution in [2.45, 2.75) is 38.7 Å². The van der Waals surface area contributed by atoms with E-state index in [4.69, 9.17) is 4.74 Å². The van der Waals surface area contributed by atoms with Crippen LogP contribution in [0.1, 0.15) is 41.0 Å². The van der Waals surface area contributed by atoms with Gasteiger partial charge in [-0.25, -0.2) is 9.78 Å². The molecule has 3 heterocycles. The summed E-state index contributed by atoms with van der Waals surface area (Å²) in [5, 5.41) is 12.3. The van der Waals surface area contributed by atoms with Gasteiger partial charge < -0.3 is 26.0 Å². The van der Waals surface area contributed by atoms with E-state index in [2.05, 4.69) is 21.2 Å². The number of hydrogen-bond donors (Lipinski definition) is 4. The van der Waals surface area contributed by atoms with Gasteiger partial charge in [0.1, 0.15) is 4.88 Å². The molecule has 1 amide bonds. The first-order chi connectivity index (χ1) is 13.5. The third-order valence-electron chi connectivity index (χ3n) is 5.32. The van der Waals surface area contributed by atoms with Crippen molar-refractivity contribution < 1.29 is 19.4 Å². The molecule has 9 heteroatoms. The number of carbonyl (C=O) groups is 2. The van der Waals surface area contributed by atoms with Gasteiger partial charge in [0, 0.05) is 24.8 Å². The zero-order chi connectivity index (χ0) is 19.7. The highest BCUT2D eigenvalue weighted by molar-refractivity contribution is 7.17. The molecule has 0 aromatic carbocycles. The van der Waals surface area contributed by atoms with Gasteiger partial charge in [0.05, 0.1) is 22.9 Å². The maximum atomic E-state index is 12.9. The quantitative estimate of drug-likeness (QED) is 0.598. The number of nitrogens with zero attached hydrogens (tertiary/aromatic N) is 1. The summed E-state index contributed by atoms with van der Waals surface area (Å²) < 4.78 is 6.09. The third kappa shape index (κ3) is 3.31. The predicted molar refractivity (Wildman–Crippen MR) is 105 cm³/mol. The van der Waals surface area contributed by atoms with E-state index >= 15 is 0 Å². The highest BCUT2D eigenvalue weighted by Crippen LogP contribution is 2.47. The molecule has 148 valence electrons. The Labute approximate surface area is 166 Å². The summed E-state index contributed by atoms with van der Waals surface area (Å²) in [5.41, 5.74) is 7.86. The lowest BCUT2D eigenvalue weighted by Crippen LogP contribution is -2.43. The molecule has 2 atom stereocenters. The lowest BCUT2D eigenvalue weighted by Gasteiger charge is -2.42. The Morgan fingerprint density at radius 3 is 3.04 bits per heavy atom. The molecule has 0 saturated carbocycles. The minimum Gasteiger partial charge on any atom is -0.477 e. The fraction of sp³-hybridized carbons (Fsp3) is 0.421. The van der Waals surface area contributed by atoms with Crippen molar-refractivity contribution in [1.29, 1.82) is 0 Å². The van der Waals surface area contributed by atoms with E-state index < -0.39 is 11.4 Å². The molecule has 1 saturated heterocycles. The van der Waals surface area contributed by atoms with Crippen LogP contribution in [0.4, 0.5) is 5.13 Å². The molecule has 3 aliphatic rings. The number of carbonyl (C=O) groups excluding carboxylic acids is 1. The van der Waals surface area contributed by atoms with Gasteiger partial charge >= 0.3 is 5.97 Å². The Balaban J connectivity index is 1.59. The van der Waals surface area contributed by atoms with E-state index in [-0.39, 0.29) is 23.3 Å². The number of hydrogen-bond acceptors (Lipinski definition) is 7. The number of fused-ring (bicyclic) bond motifs is 1. The topological polar surface area (TPSA) is 113 Å². The fourth-order valence-corrected chi connectivity index (χ4v) is 4.85. The number of hydrazine groups is 1. The number of aromatic nitrogens is 1. The molecule has 4 N–H and O–H groups in total. The number of aromatic carboxylic acids is 1. The maximum absolute atomic E-state index is 12.9. The van der Waals surface area contributed by atoms with Crippen molar-refractivity contribution in [3.8, 4) is 0 Å². The first-order valence-electron chi connectivity index (χ1n) is 9.24. The number of nitrogens with one attached hydrogen (secondary N) is 3. The van der Waals surface area contributed by atoms with Crippen LogP contribution in [-0.4, -0.2) is 34.7 Å². The molecule has 0 spiro atoms. The van der Waals surface area contributed by atoms with Gasteiger partial charge in [-0.05, 0) is 32.3 Å². The zero-order valence-corrected chi connectivity index (χ0v) is 16.3. The Bertz CT molecular complexity index is 898. The predicted octanol–water partition coefficient (Wildman–Crippen LogP) is 2.48. The van der Waals surface area contributed by atoms with E-state index in [1.165, 1.54) is 0 Å². The van der Waals surface area contributed by atoms with Crippen LogP contribution in [0.5, 0.6) is 0 Å². The second-order valence-electron chi connectivity index (χ2n) is 7.13. The Morgan fingerprint density at radius 1 is 1.46 bits per heavy atom. The largest absolute Gasteiger partial charge is 0.477 e. The summed E-state index contributed by atoms with van der Waals surface area (Å²) in [6.45, 7) is 2.30. The van der Waals surface area contributed by atoms with Crippen LogP contribution in [0.3, 0.4) is 0 Å².